The summed E-state index contributed by atoms with van der Waals surface area (Å²) in [5.41, 5.74) is -0.810. The van der Waals surface area contributed by atoms with Crippen LogP contribution in [0.2, 0.25) is 0 Å². The molecule has 1 rings (SSSR count). The van der Waals surface area contributed by atoms with Crippen LogP contribution in [0.15, 0.2) is 0 Å². The summed E-state index contributed by atoms with van der Waals surface area (Å²) >= 11 is 0. The monoisotopic (exact) mass is 661 g/mol. The van der Waals surface area contributed by atoms with Gasteiger partial charge >= 0.3 is 12.2 Å². The Morgan fingerprint density at radius 1 is 0.891 bits per heavy atom. The Labute approximate surface area is 270 Å². The molecule has 0 aliphatic carbocycles. The lowest BCUT2D eigenvalue weighted by molar-refractivity contribution is -0.145. The first-order chi connectivity index (χ1) is 21.0. The van der Waals surface area contributed by atoms with Crippen LogP contribution in [0.4, 0.5) is 18.0 Å². The summed E-state index contributed by atoms with van der Waals surface area (Å²) in [6, 6.07) is -4.91. The summed E-state index contributed by atoms with van der Waals surface area (Å²) in [7, 11) is 0. The largest absolute Gasteiger partial charge is 0.390 e. The van der Waals surface area contributed by atoms with Crippen LogP contribution in [-0.2, 0) is 24.0 Å². The Morgan fingerprint density at radius 2 is 1.48 bits per heavy atom. The number of nitrogens with one attached hydrogen (secondary N) is 4. The second kappa shape index (κ2) is 17.1. The van der Waals surface area contributed by atoms with E-state index in [0.29, 0.717) is 12.8 Å². The maximum atomic E-state index is 14.1. The number of carbonyl (C=O) groups excluding carboxylic acids is 6. The SMILES string of the molecule is CCCC(NC(=O)[C@@H]1C(C(C)C)CCN1C(=O)[C@@H](NC(=O)N[C@H](C(=O)C(C)C)C(C)C)C(C)(C)C)C(=O)C(=O)NCCC(F)(F)F. The van der Waals surface area contributed by atoms with Crippen LogP contribution in [0.5, 0.6) is 0 Å². The van der Waals surface area contributed by atoms with Gasteiger partial charge in [0, 0.05) is 19.0 Å². The number of hydrogen-bond acceptors (Lipinski definition) is 6. The zero-order chi connectivity index (χ0) is 35.7. The first-order valence-corrected chi connectivity index (χ1v) is 16.1. The van der Waals surface area contributed by atoms with Gasteiger partial charge in [0.15, 0.2) is 5.78 Å². The molecule has 0 aromatic carbocycles. The van der Waals surface area contributed by atoms with Crippen molar-refractivity contribution in [3.05, 3.63) is 0 Å². The first-order valence-electron chi connectivity index (χ1n) is 16.1. The number of alkyl halides is 3. The lowest BCUT2D eigenvalue weighted by Gasteiger charge is -2.37. The molecular formula is C32H54F3N5O6. The molecule has 14 heteroatoms. The third-order valence-electron chi connectivity index (χ3n) is 8.20. The Bertz CT molecular complexity index is 1100. The highest BCUT2D eigenvalue weighted by atomic mass is 19.4. The van der Waals surface area contributed by atoms with Crippen molar-refractivity contribution in [2.24, 2.45) is 29.1 Å². The topological polar surface area (TPSA) is 154 Å². The highest BCUT2D eigenvalue weighted by Crippen LogP contribution is 2.33. The maximum absolute atomic E-state index is 14.1. The number of halogens is 3. The molecule has 1 fully saturated rings. The molecule has 0 saturated carbocycles. The summed E-state index contributed by atoms with van der Waals surface area (Å²) in [5, 5.41) is 9.99. The Morgan fingerprint density at radius 3 is 1.93 bits per heavy atom. The average Bonchev–Trinajstić information content (AvgIpc) is 3.37. The van der Waals surface area contributed by atoms with Gasteiger partial charge in [-0.25, -0.2) is 4.79 Å². The third-order valence-corrected chi connectivity index (χ3v) is 8.20. The Hall–Kier alpha value is -3.19. The van der Waals surface area contributed by atoms with Crippen LogP contribution in [0.25, 0.3) is 0 Å². The molecule has 264 valence electrons. The van der Waals surface area contributed by atoms with Gasteiger partial charge in [0.1, 0.15) is 12.1 Å². The zero-order valence-electron chi connectivity index (χ0n) is 28.9. The molecule has 2 unspecified atom stereocenters. The number of ketones is 2. The molecule has 0 radical (unpaired) electrons. The molecule has 1 saturated heterocycles. The van der Waals surface area contributed by atoms with E-state index in [0.717, 1.165) is 0 Å². The number of hydrogen-bond donors (Lipinski definition) is 4. The molecule has 1 aliphatic rings. The maximum Gasteiger partial charge on any atom is 0.390 e. The summed E-state index contributed by atoms with van der Waals surface area (Å²) in [6.07, 6.45) is -4.91. The molecule has 1 heterocycles. The van der Waals surface area contributed by atoms with E-state index < -0.39 is 78.3 Å². The van der Waals surface area contributed by atoms with Crippen molar-refractivity contribution in [2.75, 3.05) is 13.1 Å². The minimum atomic E-state index is -4.51. The van der Waals surface area contributed by atoms with Crippen molar-refractivity contribution in [1.29, 1.82) is 0 Å². The highest BCUT2D eigenvalue weighted by molar-refractivity contribution is 6.38. The molecule has 46 heavy (non-hydrogen) atoms. The number of likely N-dealkylation sites (tertiary alicyclic amines) is 1. The van der Waals surface area contributed by atoms with Crippen LogP contribution in [0.1, 0.15) is 94.9 Å². The fourth-order valence-corrected chi connectivity index (χ4v) is 5.53. The van der Waals surface area contributed by atoms with Gasteiger partial charge in [-0.15, -0.1) is 0 Å². The average molecular weight is 662 g/mol. The van der Waals surface area contributed by atoms with E-state index in [1.165, 1.54) is 4.90 Å². The number of amides is 5. The van der Waals surface area contributed by atoms with E-state index in [1.54, 1.807) is 55.4 Å². The highest BCUT2D eigenvalue weighted by Gasteiger charge is 2.48. The zero-order valence-corrected chi connectivity index (χ0v) is 28.9. The standard InChI is InChI=1S/C32H54F3N5O6/c1-11-12-21(25(42)28(44)36-15-14-32(33,34)35)37-27(43)23-20(17(2)3)13-16-40(23)29(45)26(31(8,9)10)39-30(46)38-22(18(4)5)24(41)19(6)7/h17-23,26H,11-16H2,1-10H3,(H,36,44)(H,37,43)(H2,38,39,46)/t20?,21?,22-,23-,26+/m0/s1. The van der Waals surface area contributed by atoms with E-state index >= 15 is 0 Å². The number of carbonyl (C=O) groups is 6. The van der Waals surface area contributed by atoms with Gasteiger partial charge in [0.2, 0.25) is 17.6 Å². The van der Waals surface area contributed by atoms with Gasteiger partial charge in [0.05, 0.1) is 18.5 Å². The van der Waals surface area contributed by atoms with Gasteiger partial charge in [-0.05, 0) is 36.0 Å². The minimum absolute atomic E-state index is 0.0577. The second-order valence-corrected chi connectivity index (χ2v) is 14.2. The summed E-state index contributed by atoms with van der Waals surface area (Å²) < 4.78 is 37.6. The van der Waals surface area contributed by atoms with Crippen LogP contribution in [0, 0.1) is 29.1 Å². The fourth-order valence-electron chi connectivity index (χ4n) is 5.53. The molecule has 0 aromatic rings. The molecule has 0 bridgehead atoms. The summed E-state index contributed by atoms with van der Waals surface area (Å²) in [6.45, 7) is 17.3. The van der Waals surface area contributed by atoms with Gasteiger partial charge in [-0.3, -0.25) is 24.0 Å². The van der Waals surface area contributed by atoms with Crippen LogP contribution >= 0.6 is 0 Å². The van der Waals surface area contributed by atoms with Gasteiger partial charge in [0.25, 0.3) is 5.91 Å². The first kappa shape index (κ1) is 40.8. The second-order valence-electron chi connectivity index (χ2n) is 14.2. The fraction of sp³-hybridized carbons (Fsp3) is 0.812. The molecule has 11 nitrogen and oxygen atoms in total. The minimum Gasteiger partial charge on any atom is -0.349 e. The third kappa shape index (κ3) is 11.9. The van der Waals surface area contributed by atoms with Crippen LogP contribution < -0.4 is 21.3 Å². The number of nitrogens with zero attached hydrogens (tertiary/aromatic N) is 1. The molecule has 0 spiro atoms. The Balaban J connectivity index is 3.27. The number of Topliss-reactive ketones (excluding diaryl/α,β-unsaturated/α-hetero) is 2. The smallest absolute Gasteiger partial charge is 0.349 e. The van der Waals surface area contributed by atoms with E-state index in [1.807, 2.05) is 19.2 Å². The van der Waals surface area contributed by atoms with E-state index in [4.69, 9.17) is 0 Å². The molecule has 4 N–H and O–H groups in total. The van der Waals surface area contributed by atoms with E-state index in [-0.39, 0.29) is 42.4 Å². The van der Waals surface area contributed by atoms with Crippen molar-refractivity contribution in [3.8, 4) is 0 Å². The predicted octanol–water partition coefficient (Wildman–Crippen LogP) is 3.75. The normalized spacial score (nSPS) is 19.1. The van der Waals surface area contributed by atoms with E-state index in [9.17, 15) is 41.9 Å². The summed E-state index contributed by atoms with van der Waals surface area (Å²) in [4.78, 5) is 80.5. The molecular weight excluding hydrogens is 607 g/mol. The van der Waals surface area contributed by atoms with E-state index in [2.05, 4.69) is 16.0 Å². The van der Waals surface area contributed by atoms with Crippen LogP contribution in [-0.4, -0.2) is 83.7 Å². The molecule has 5 amide bonds. The number of rotatable bonds is 15. The lowest BCUT2D eigenvalue weighted by Crippen LogP contribution is -2.62. The molecule has 1 aliphatic heterocycles. The van der Waals surface area contributed by atoms with Crippen molar-refractivity contribution < 1.29 is 41.9 Å². The molecule has 5 atom stereocenters. The lowest BCUT2D eigenvalue weighted by atomic mass is 9.84. The van der Waals surface area contributed by atoms with Gasteiger partial charge in [-0.1, -0.05) is 75.7 Å². The predicted molar refractivity (Wildman–Crippen MR) is 167 cm³/mol. The Kier molecular flexibility index (Phi) is 15.2. The van der Waals surface area contributed by atoms with Gasteiger partial charge in [-0.2, -0.15) is 13.2 Å². The van der Waals surface area contributed by atoms with Crippen molar-refractivity contribution in [2.45, 2.75) is 125 Å². The van der Waals surface area contributed by atoms with Crippen molar-refractivity contribution >= 4 is 35.3 Å². The van der Waals surface area contributed by atoms with Crippen LogP contribution in [0.3, 0.4) is 0 Å². The number of urea groups is 1. The quantitative estimate of drug-likeness (QED) is 0.196. The van der Waals surface area contributed by atoms with Crippen molar-refractivity contribution in [1.82, 2.24) is 26.2 Å². The van der Waals surface area contributed by atoms with Crippen molar-refractivity contribution in [3.63, 3.8) is 0 Å². The van der Waals surface area contributed by atoms with Gasteiger partial charge < -0.3 is 26.2 Å². The molecule has 0 aromatic heterocycles. The summed E-state index contributed by atoms with van der Waals surface area (Å²) in [5.74, 6) is -4.54.